The number of para-hydroxylation sites is 1. The number of thiophene rings is 1. The Hall–Kier alpha value is -2.18. The van der Waals surface area contributed by atoms with Gasteiger partial charge in [-0.2, -0.15) is 0 Å². The molecule has 24 heavy (non-hydrogen) atoms. The Bertz CT molecular complexity index is 715. The Morgan fingerprint density at radius 3 is 2.75 bits per heavy atom. The molecule has 2 heterocycles. The molecule has 1 saturated heterocycles. The summed E-state index contributed by atoms with van der Waals surface area (Å²) < 4.78 is 0. The molecule has 0 saturated carbocycles. The molecule has 1 aromatic carbocycles. The highest BCUT2D eigenvalue weighted by Crippen LogP contribution is 2.19. The molecule has 1 aromatic heterocycles. The van der Waals surface area contributed by atoms with E-state index in [1.54, 1.807) is 18.2 Å². The summed E-state index contributed by atoms with van der Waals surface area (Å²) in [5.74, 6) is 0.0480. The quantitative estimate of drug-likeness (QED) is 0.799. The molecular weight excluding hydrogens is 322 g/mol. The fraction of sp³-hybridized carbons (Fsp3) is 0.333. The number of piperidine rings is 1. The highest BCUT2D eigenvalue weighted by atomic mass is 32.1. The SMILES string of the molecule is CC1CNCCC1NC(=O)c1ccccc1NC(=O)c1cccs1. The van der Waals surface area contributed by atoms with Crippen LogP contribution in [0.4, 0.5) is 5.69 Å². The number of carbonyl (C=O) groups is 2. The smallest absolute Gasteiger partial charge is 0.265 e. The van der Waals surface area contributed by atoms with Crippen LogP contribution < -0.4 is 16.0 Å². The van der Waals surface area contributed by atoms with Crippen LogP contribution in [0.5, 0.6) is 0 Å². The van der Waals surface area contributed by atoms with Crippen molar-refractivity contribution in [3.63, 3.8) is 0 Å². The van der Waals surface area contributed by atoms with Crippen molar-refractivity contribution in [1.82, 2.24) is 10.6 Å². The number of anilines is 1. The van der Waals surface area contributed by atoms with Gasteiger partial charge in [-0.3, -0.25) is 9.59 Å². The van der Waals surface area contributed by atoms with Gasteiger partial charge in [0.15, 0.2) is 0 Å². The summed E-state index contributed by atoms with van der Waals surface area (Å²) in [6.45, 7) is 3.94. The lowest BCUT2D eigenvalue weighted by molar-refractivity contribution is 0.0915. The minimum Gasteiger partial charge on any atom is -0.349 e. The van der Waals surface area contributed by atoms with Gasteiger partial charge < -0.3 is 16.0 Å². The molecule has 0 spiro atoms. The van der Waals surface area contributed by atoms with E-state index in [2.05, 4.69) is 22.9 Å². The number of rotatable bonds is 4. The van der Waals surface area contributed by atoms with Crippen molar-refractivity contribution in [2.75, 3.05) is 18.4 Å². The molecule has 126 valence electrons. The third-order valence-corrected chi connectivity index (χ3v) is 5.14. The summed E-state index contributed by atoms with van der Waals surface area (Å²) in [6, 6.07) is 10.9. The standard InChI is InChI=1S/C18H21N3O2S/c1-12-11-19-9-8-14(12)20-17(22)13-5-2-3-6-15(13)21-18(23)16-7-4-10-24-16/h2-7,10,12,14,19H,8-9,11H2,1H3,(H,20,22)(H,21,23). The van der Waals surface area contributed by atoms with Crippen LogP contribution in [0.1, 0.15) is 33.4 Å². The summed E-state index contributed by atoms with van der Waals surface area (Å²) in [4.78, 5) is 25.5. The van der Waals surface area contributed by atoms with E-state index < -0.39 is 0 Å². The third kappa shape index (κ3) is 3.83. The molecule has 2 unspecified atom stereocenters. The van der Waals surface area contributed by atoms with E-state index in [-0.39, 0.29) is 17.9 Å². The molecule has 0 radical (unpaired) electrons. The molecule has 3 N–H and O–H groups in total. The number of nitrogens with one attached hydrogen (secondary N) is 3. The van der Waals surface area contributed by atoms with Crippen molar-refractivity contribution in [2.45, 2.75) is 19.4 Å². The van der Waals surface area contributed by atoms with Crippen LogP contribution in [-0.4, -0.2) is 30.9 Å². The Labute approximate surface area is 145 Å². The summed E-state index contributed by atoms with van der Waals surface area (Å²) in [5.41, 5.74) is 1.03. The van der Waals surface area contributed by atoms with Gasteiger partial charge in [-0.05, 0) is 49.0 Å². The summed E-state index contributed by atoms with van der Waals surface area (Å²) in [5, 5.41) is 11.1. The average molecular weight is 343 g/mol. The van der Waals surface area contributed by atoms with E-state index in [1.807, 2.05) is 23.6 Å². The van der Waals surface area contributed by atoms with E-state index in [0.717, 1.165) is 19.5 Å². The second-order valence-electron chi connectivity index (χ2n) is 6.03. The zero-order valence-corrected chi connectivity index (χ0v) is 14.4. The van der Waals surface area contributed by atoms with Crippen LogP contribution in [0.25, 0.3) is 0 Å². The highest BCUT2D eigenvalue weighted by molar-refractivity contribution is 7.12. The number of benzene rings is 1. The second-order valence-corrected chi connectivity index (χ2v) is 6.97. The predicted octanol–water partition coefficient (Wildman–Crippen LogP) is 2.73. The molecule has 3 rings (SSSR count). The molecule has 6 heteroatoms. The molecule has 5 nitrogen and oxygen atoms in total. The average Bonchev–Trinajstić information content (AvgIpc) is 3.12. The first kappa shape index (κ1) is 16.7. The normalized spacial score (nSPS) is 20.4. The minimum absolute atomic E-state index is 0.143. The first-order valence-electron chi connectivity index (χ1n) is 8.10. The van der Waals surface area contributed by atoms with E-state index >= 15 is 0 Å². The van der Waals surface area contributed by atoms with E-state index in [9.17, 15) is 9.59 Å². The van der Waals surface area contributed by atoms with Gasteiger partial charge in [-0.15, -0.1) is 11.3 Å². The van der Waals surface area contributed by atoms with E-state index in [4.69, 9.17) is 0 Å². The number of hydrogen-bond acceptors (Lipinski definition) is 4. The van der Waals surface area contributed by atoms with Crippen molar-refractivity contribution in [1.29, 1.82) is 0 Å². The fourth-order valence-corrected chi connectivity index (χ4v) is 3.48. The molecule has 2 amide bonds. The first-order valence-corrected chi connectivity index (χ1v) is 8.98. The zero-order chi connectivity index (χ0) is 16.9. The van der Waals surface area contributed by atoms with Crippen molar-refractivity contribution in [3.8, 4) is 0 Å². The van der Waals surface area contributed by atoms with Gasteiger partial charge in [0.2, 0.25) is 0 Å². The van der Waals surface area contributed by atoms with Crippen LogP contribution in [0.2, 0.25) is 0 Å². The van der Waals surface area contributed by atoms with Crippen molar-refractivity contribution >= 4 is 28.8 Å². The lowest BCUT2D eigenvalue weighted by Crippen LogP contribution is -2.48. The fourth-order valence-electron chi connectivity index (χ4n) is 2.86. The second kappa shape index (κ2) is 7.59. The lowest BCUT2D eigenvalue weighted by atomic mass is 9.95. The van der Waals surface area contributed by atoms with Gasteiger partial charge in [0.05, 0.1) is 16.1 Å². The molecule has 2 atom stereocenters. The zero-order valence-electron chi connectivity index (χ0n) is 13.5. The lowest BCUT2D eigenvalue weighted by Gasteiger charge is -2.30. The van der Waals surface area contributed by atoms with Gasteiger partial charge in [0, 0.05) is 6.04 Å². The largest absolute Gasteiger partial charge is 0.349 e. The Morgan fingerprint density at radius 1 is 1.17 bits per heavy atom. The minimum atomic E-state index is -0.194. The highest BCUT2D eigenvalue weighted by Gasteiger charge is 2.24. The predicted molar refractivity (Wildman–Crippen MR) is 96.6 cm³/mol. The maximum absolute atomic E-state index is 12.7. The van der Waals surface area contributed by atoms with Crippen LogP contribution in [0.15, 0.2) is 41.8 Å². The van der Waals surface area contributed by atoms with Gasteiger partial charge in [0.1, 0.15) is 0 Å². The molecule has 1 fully saturated rings. The molecule has 0 aliphatic carbocycles. The van der Waals surface area contributed by atoms with Crippen LogP contribution >= 0.6 is 11.3 Å². The van der Waals surface area contributed by atoms with E-state index in [0.29, 0.717) is 22.0 Å². The molecular formula is C18H21N3O2S. The van der Waals surface area contributed by atoms with Gasteiger partial charge in [-0.25, -0.2) is 0 Å². The number of carbonyl (C=O) groups excluding carboxylic acids is 2. The monoisotopic (exact) mass is 343 g/mol. The van der Waals surface area contributed by atoms with Gasteiger partial charge >= 0.3 is 0 Å². The Balaban J connectivity index is 1.73. The topological polar surface area (TPSA) is 70.2 Å². The first-order chi connectivity index (χ1) is 11.6. The summed E-state index contributed by atoms with van der Waals surface area (Å²) in [7, 11) is 0. The van der Waals surface area contributed by atoms with Crippen molar-refractivity contribution in [2.24, 2.45) is 5.92 Å². The number of amides is 2. The van der Waals surface area contributed by atoms with Crippen molar-refractivity contribution in [3.05, 3.63) is 52.2 Å². The molecule has 0 bridgehead atoms. The van der Waals surface area contributed by atoms with Gasteiger partial charge in [0.25, 0.3) is 11.8 Å². The Kier molecular flexibility index (Phi) is 5.27. The Morgan fingerprint density at radius 2 is 2.00 bits per heavy atom. The molecule has 1 aliphatic rings. The maximum Gasteiger partial charge on any atom is 0.265 e. The van der Waals surface area contributed by atoms with Crippen LogP contribution in [0.3, 0.4) is 0 Å². The van der Waals surface area contributed by atoms with E-state index in [1.165, 1.54) is 11.3 Å². The number of hydrogen-bond donors (Lipinski definition) is 3. The summed E-state index contributed by atoms with van der Waals surface area (Å²) >= 11 is 1.37. The molecule has 1 aliphatic heterocycles. The maximum atomic E-state index is 12.7. The third-order valence-electron chi connectivity index (χ3n) is 4.27. The molecule has 2 aromatic rings. The van der Waals surface area contributed by atoms with Gasteiger partial charge in [-0.1, -0.05) is 25.1 Å². The van der Waals surface area contributed by atoms with Crippen LogP contribution in [-0.2, 0) is 0 Å². The van der Waals surface area contributed by atoms with Crippen LogP contribution in [0, 0.1) is 5.92 Å². The van der Waals surface area contributed by atoms with Crippen molar-refractivity contribution < 1.29 is 9.59 Å². The summed E-state index contributed by atoms with van der Waals surface area (Å²) in [6.07, 6.45) is 0.913.